The number of sulfonamides is 1. The van der Waals surface area contributed by atoms with Crippen molar-refractivity contribution >= 4 is 15.9 Å². The molecule has 98 valence electrons. The Bertz CT molecular complexity index is 382. The molecule has 2 rings (SSSR count). The number of piperazine rings is 1. The third-order valence-corrected chi connectivity index (χ3v) is 4.73. The second-order valence-electron chi connectivity index (χ2n) is 4.68. The Balaban J connectivity index is 1.88. The molecule has 2 heterocycles. The van der Waals surface area contributed by atoms with Crippen LogP contribution in [0.5, 0.6) is 0 Å². The van der Waals surface area contributed by atoms with Gasteiger partial charge in [0.1, 0.15) is 0 Å². The van der Waals surface area contributed by atoms with Crippen molar-refractivity contribution < 1.29 is 13.2 Å². The Morgan fingerprint density at radius 2 is 1.88 bits per heavy atom. The molecule has 1 amide bonds. The minimum atomic E-state index is -3.11. The molecule has 0 aromatic rings. The molecule has 0 bridgehead atoms. The Hall–Kier alpha value is -0.660. The van der Waals surface area contributed by atoms with Crippen molar-refractivity contribution in [2.45, 2.75) is 6.42 Å². The fourth-order valence-corrected chi connectivity index (χ4v) is 3.19. The number of amides is 1. The van der Waals surface area contributed by atoms with Gasteiger partial charge in [-0.3, -0.25) is 4.79 Å². The highest BCUT2D eigenvalue weighted by Gasteiger charge is 2.31. The van der Waals surface area contributed by atoms with E-state index in [1.165, 1.54) is 10.6 Å². The van der Waals surface area contributed by atoms with Crippen molar-refractivity contribution in [3.05, 3.63) is 0 Å². The molecule has 0 radical (unpaired) electrons. The summed E-state index contributed by atoms with van der Waals surface area (Å²) in [6, 6.07) is 0. The van der Waals surface area contributed by atoms with Gasteiger partial charge in [-0.25, -0.2) is 8.42 Å². The molecule has 1 unspecified atom stereocenters. The van der Waals surface area contributed by atoms with Crippen molar-refractivity contribution in [2.24, 2.45) is 5.92 Å². The molecule has 1 atom stereocenters. The summed E-state index contributed by atoms with van der Waals surface area (Å²) in [6.07, 6.45) is 2.11. The highest BCUT2D eigenvalue weighted by atomic mass is 32.2. The minimum Gasteiger partial charge on any atom is -0.340 e. The summed E-state index contributed by atoms with van der Waals surface area (Å²) in [5.41, 5.74) is 0. The molecule has 6 nitrogen and oxygen atoms in total. The molecule has 0 aromatic carbocycles. The maximum absolute atomic E-state index is 12.1. The fraction of sp³-hybridized carbons (Fsp3) is 0.900. The molecule has 2 fully saturated rings. The van der Waals surface area contributed by atoms with Gasteiger partial charge in [-0.2, -0.15) is 4.31 Å². The molecule has 0 aliphatic carbocycles. The molecule has 0 spiro atoms. The van der Waals surface area contributed by atoms with E-state index in [1.54, 1.807) is 4.90 Å². The Morgan fingerprint density at radius 1 is 1.24 bits per heavy atom. The van der Waals surface area contributed by atoms with Gasteiger partial charge in [0.15, 0.2) is 0 Å². The van der Waals surface area contributed by atoms with Gasteiger partial charge in [0.25, 0.3) is 0 Å². The summed E-state index contributed by atoms with van der Waals surface area (Å²) in [5.74, 6) is 0.253. The lowest BCUT2D eigenvalue weighted by Crippen LogP contribution is -2.51. The van der Waals surface area contributed by atoms with Crippen LogP contribution in [0.3, 0.4) is 0 Å². The van der Waals surface area contributed by atoms with E-state index in [-0.39, 0.29) is 11.8 Å². The quantitative estimate of drug-likeness (QED) is 0.671. The average molecular weight is 261 g/mol. The molecule has 17 heavy (non-hydrogen) atoms. The van der Waals surface area contributed by atoms with Gasteiger partial charge in [-0.15, -0.1) is 0 Å². The predicted molar refractivity (Wildman–Crippen MR) is 64.0 cm³/mol. The number of nitrogens with one attached hydrogen (secondary N) is 1. The van der Waals surface area contributed by atoms with E-state index in [9.17, 15) is 13.2 Å². The number of carbonyl (C=O) groups excluding carboxylic acids is 1. The summed E-state index contributed by atoms with van der Waals surface area (Å²) < 4.78 is 24.1. The van der Waals surface area contributed by atoms with E-state index < -0.39 is 10.0 Å². The van der Waals surface area contributed by atoms with Crippen molar-refractivity contribution in [1.29, 1.82) is 0 Å². The highest BCUT2D eigenvalue weighted by molar-refractivity contribution is 7.88. The van der Waals surface area contributed by atoms with Crippen LogP contribution >= 0.6 is 0 Å². The van der Waals surface area contributed by atoms with Crippen LogP contribution in [0, 0.1) is 5.92 Å². The number of hydrogen-bond acceptors (Lipinski definition) is 4. The average Bonchev–Trinajstić information content (AvgIpc) is 2.80. The molecule has 1 N–H and O–H groups in total. The van der Waals surface area contributed by atoms with Gasteiger partial charge < -0.3 is 10.2 Å². The highest BCUT2D eigenvalue weighted by Crippen LogP contribution is 2.14. The largest absolute Gasteiger partial charge is 0.340 e. The number of hydrogen-bond donors (Lipinski definition) is 1. The summed E-state index contributed by atoms with van der Waals surface area (Å²) in [6.45, 7) is 3.53. The van der Waals surface area contributed by atoms with Gasteiger partial charge in [0.2, 0.25) is 15.9 Å². The third-order valence-electron chi connectivity index (χ3n) is 3.43. The zero-order chi connectivity index (χ0) is 12.5. The molecular formula is C10H19N3O3S. The first-order valence-electron chi connectivity index (χ1n) is 5.93. The van der Waals surface area contributed by atoms with Gasteiger partial charge in [-0.1, -0.05) is 0 Å². The van der Waals surface area contributed by atoms with E-state index in [4.69, 9.17) is 0 Å². The van der Waals surface area contributed by atoms with E-state index in [0.717, 1.165) is 19.5 Å². The third kappa shape index (κ3) is 2.97. The SMILES string of the molecule is CS(=O)(=O)N1CCN(C(=O)C2CCNC2)CC1. The smallest absolute Gasteiger partial charge is 0.227 e. The van der Waals surface area contributed by atoms with Gasteiger partial charge >= 0.3 is 0 Å². The van der Waals surface area contributed by atoms with Crippen molar-refractivity contribution in [3.8, 4) is 0 Å². The Morgan fingerprint density at radius 3 is 2.35 bits per heavy atom. The summed E-state index contributed by atoms with van der Waals surface area (Å²) in [5, 5.41) is 3.17. The lowest BCUT2D eigenvalue weighted by Gasteiger charge is -2.34. The second kappa shape index (κ2) is 4.91. The second-order valence-corrected chi connectivity index (χ2v) is 6.66. The summed E-state index contributed by atoms with van der Waals surface area (Å²) in [7, 11) is -3.11. The van der Waals surface area contributed by atoms with Crippen molar-refractivity contribution in [1.82, 2.24) is 14.5 Å². The monoisotopic (exact) mass is 261 g/mol. The van der Waals surface area contributed by atoms with Crippen LogP contribution < -0.4 is 5.32 Å². The Kier molecular flexibility index (Phi) is 3.70. The molecule has 2 aliphatic rings. The molecule has 7 heteroatoms. The maximum atomic E-state index is 12.1. The molecular weight excluding hydrogens is 242 g/mol. The molecule has 0 saturated carbocycles. The molecule has 2 aliphatic heterocycles. The lowest BCUT2D eigenvalue weighted by molar-refractivity contribution is -0.136. The summed E-state index contributed by atoms with van der Waals surface area (Å²) >= 11 is 0. The zero-order valence-electron chi connectivity index (χ0n) is 10.1. The molecule has 0 aromatic heterocycles. The van der Waals surface area contributed by atoms with Crippen LogP contribution in [0.1, 0.15) is 6.42 Å². The number of carbonyl (C=O) groups is 1. The first kappa shape index (κ1) is 12.8. The van der Waals surface area contributed by atoms with Gasteiger partial charge in [-0.05, 0) is 13.0 Å². The molecule has 2 saturated heterocycles. The number of nitrogens with zero attached hydrogens (tertiary/aromatic N) is 2. The van der Waals surface area contributed by atoms with Crippen LogP contribution in [0.2, 0.25) is 0 Å². The normalized spacial score (nSPS) is 27.4. The van der Waals surface area contributed by atoms with Crippen molar-refractivity contribution in [2.75, 3.05) is 45.5 Å². The predicted octanol–water partition coefficient (Wildman–Crippen LogP) is -1.30. The van der Waals surface area contributed by atoms with E-state index in [0.29, 0.717) is 26.2 Å². The number of rotatable bonds is 2. The van der Waals surface area contributed by atoms with Crippen molar-refractivity contribution in [3.63, 3.8) is 0 Å². The topological polar surface area (TPSA) is 69.7 Å². The van der Waals surface area contributed by atoms with E-state index in [2.05, 4.69) is 5.32 Å². The van der Waals surface area contributed by atoms with E-state index in [1.807, 2.05) is 0 Å². The van der Waals surface area contributed by atoms with Crippen LogP contribution in [0.15, 0.2) is 0 Å². The first-order valence-corrected chi connectivity index (χ1v) is 7.78. The van der Waals surface area contributed by atoms with Gasteiger partial charge in [0, 0.05) is 32.7 Å². The minimum absolute atomic E-state index is 0.0831. The van der Waals surface area contributed by atoms with Crippen LogP contribution in [0.4, 0.5) is 0 Å². The zero-order valence-corrected chi connectivity index (χ0v) is 10.9. The van der Waals surface area contributed by atoms with Crippen LogP contribution in [0.25, 0.3) is 0 Å². The summed E-state index contributed by atoms with van der Waals surface area (Å²) in [4.78, 5) is 13.9. The maximum Gasteiger partial charge on any atom is 0.227 e. The Labute approximate surface area is 102 Å². The van der Waals surface area contributed by atoms with Crippen LogP contribution in [-0.4, -0.2) is 69.1 Å². The van der Waals surface area contributed by atoms with Crippen LogP contribution in [-0.2, 0) is 14.8 Å². The van der Waals surface area contributed by atoms with Gasteiger partial charge in [0.05, 0.1) is 12.2 Å². The first-order chi connectivity index (χ1) is 7.98. The van der Waals surface area contributed by atoms with E-state index >= 15 is 0 Å². The standard InChI is InChI=1S/C10H19N3O3S/c1-17(15,16)13-6-4-12(5-7-13)10(14)9-2-3-11-8-9/h9,11H,2-8H2,1H3. The lowest BCUT2D eigenvalue weighted by atomic mass is 10.1. The fourth-order valence-electron chi connectivity index (χ4n) is 2.36.